The maximum absolute atomic E-state index is 5.99. The Morgan fingerprint density at radius 1 is 1.31 bits per heavy atom. The van der Waals surface area contributed by atoms with Crippen LogP contribution in [0.3, 0.4) is 0 Å². The lowest BCUT2D eigenvalue weighted by Crippen LogP contribution is -2.26. The van der Waals surface area contributed by atoms with Crippen LogP contribution in [0.1, 0.15) is 51.9 Å². The minimum Gasteiger partial charge on any atom is -0.347 e. The van der Waals surface area contributed by atoms with Crippen molar-refractivity contribution in [2.24, 2.45) is 0 Å². The quantitative estimate of drug-likeness (QED) is 0.671. The third-order valence-corrected chi connectivity index (χ3v) is 3.16. The van der Waals surface area contributed by atoms with Gasteiger partial charge < -0.3 is 9.47 Å². The van der Waals surface area contributed by atoms with Crippen molar-refractivity contribution in [2.75, 3.05) is 6.61 Å². The summed E-state index contributed by atoms with van der Waals surface area (Å²) in [4.78, 5) is 0. The molecule has 0 aromatic carbocycles. The Bertz CT molecular complexity index is 161. The Morgan fingerprint density at radius 3 is 2.77 bits per heavy atom. The highest BCUT2D eigenvalue weighted by Gasteiger charge is 2.43. The van der Waals surface area contributed by atoms with Gasteiger partial charge in [0.15, 0.2) is 5.79 Å². The van der Waals surface area contributed by atoms with Crippen molar-refractivity contribution in [3.63, 3.8) is 0 Å². The van der Waals surface area contributed by atoms with Crippen molar-refractivity contribution in [1.29, 1.82) is 0 Å². The molecule has 0 aromatic heterocycles. The van der Waals surface area contributed by atoms with E-state index < -0.39 is 0 Å². The van der Waals surface area contributed by atoms with Gasteiger partial charge in [-0.2, -0.15) is 0 Å². The third kappa shape index (κ3) is 2.05. The van der Waals surface area contributed by atoms with Gasteiger partial charge in [-0.15, -0.1) is 0 Å². The number of rotatable bonds is 3. The summed E-state index contributed by atoms with van der Waals surface area (Å²) >= 11 is 0. The van der Waals surface area contributed by atoms with E-state index in [2.05, 4.69) is 6.92 Å². The second-order valence-electron chi connectivity index (χ2n) is 4.31. The summed E-state index contributed by atoms with van der Waals surface area (Å²) in [6, 6.07) is 0. The lowest BCUT2D eigenvalue weighted by molar-refractivity contribution is -0.162. The predicted octanol–water partition coefficient (Wildman–Crippen LogP) is 2.86. The predicted molar refractivity (Wildman–Crippen MR) is 51.5 cm³/mol. The van der Waals surface area contributed by atoms with Gasteiger partial charge in [-0.1, -0.05) is 19.8 Å². The van der Waals surface area contributed by atoms with E-state index in [0.29, 0.717) is 6.10 Å². The first-order chi connectivity index (χ1) is 6.35. The first kappa shape index (κ1) is 9.47. The second-order valence-corrected chi connectivity index (χ2v) is 4.31. The molecular weight excluding hydrogens is 164 g/mol. The van der Waals surface area contributed by atoms with Crippen LogP contribution in [-0.2, 0) is 9.47 Å². The molecule has 0 radical (unpaired) electrons. The van der Waals surface area contributed by atoms with Crippen molar-refractivity contribution in [3.05, 3.63) is 0 Å². The van der Waals surface area contributed by atoms with Crippen molar-refractivity contribution in [3.8, 4) is 0 Å². The molecule has 1 heterocycles. The molecular formula is C11H20O2. The second kappa shape index (κ2) is 3.97. The summed E-state index contributed by atoms with van der Waals surface area (Å²) in [6.07, 6.45) is 8.89. The maximum atomic E-state index is 5.99. The number of unbranched alkanes of at least 4 members (excludes halogenated alkanes) is 1. The van der Waals surface area contributed by atoms with Crippen LogP contribution in [0.4, 0.5) is 0 Å². The van der Waals surface area contributed by atoms with Crippen LogP contribution in [-0.4, -0.2) is 18.5 Å². The topological polar surface area (TPSA) is 18.5 Å². The molecule has 0 N–H and O–H groups in total. The van der Waals surface area contributed by atoms with Gasteiger partial charge in [0.25, 0.3) is 0 Å². The standard InChI is InChI=1S/C11H20O2/c1-2-3-6-10-9-12-11(13-10)7-4-5-8-11/h10H,2-9H2,1H3. The van der Waals surface area contributed by atoms with Crippen molar-refractivity contribution in [1.82, 2.24) is 0 Å². The van der Waals surface area contributed by atoms with E-state index >= 15 is 0 Å². The summed E-state index contributed by atoms with van der Waals surface area (Å²) in [5.41, 5.74) is 0. The molecule has 2 fully saturated rings. The van der Waals surface area contributed by atoms with Crippen molar-refractivity contribution < 1.29 is 9.47 Å². The van der Waals surface area contributed by atoms with E-state index in [0.717, 1.165) is 19.4 Å². The number of hydrogen-bond donors (Lipinski definition) is 0. The zero-order valence-electron chi connectivity index (χ0n) is 8.55. The van der Waals surface area contributed by atoms with E-state index in [1.165, 1.54) is 32.1 Å². The van der Waals surface area contributed by atoms with Crippen LogP contribution < -0.4 is 0 Å². The van der Waals surface area contributed by atoms with Gasteiger partial charge in [0.2, 0.25) is 0 Å². The Hall–Kier alpha value is -0.0800. The Morgan fingerprint density at radius 2 is 2.08 bits per heavy atom. The molecule has 1 spiro atoms. The zero-order chi connectivity index (χ0) is 9.15. The summed E-state index contributed by atoms with van der Waals surface area (Å²) in [6.45, 7) is 3.06. The lowest BCUT2D eigenvalue weighted by Gasteiger charge is -2.21. The van der Waals surface area contributed by atoms with Gasteiger partial charge in [-0.3, -0.25) is 0 Å². The molecule has 1 atom stereocenters. The van der Waals surface area contributed by atoms with Crippen molar-refractivity contribution in [2.45, 2.75) is 63.8 Å². The Kier molecular flexibility index (Phi) is 2.89. The first-order valence-corrected chi connectivity index (χ1v) is 5.66. The summed E-state index contributed by atoms with van der Waals surface area (Å²) < 4.78 is 11.8. The van der Waals surface area contributed by atoms with Crippen LogP contribution in [0.2, 0.25) is 0 Å². The summed E-state index contributed by atoms with van der Waals surface area (Å²) in [5.74, 6) is -0.140. The maximum Gasteiger partial charge on any atom is 0.168 e. The van der Waals surface area contributed by atoms with E-state index in [9.17, 15) is 0 Å². The molecule has 0 aromatic rings. The van der Waals surface area contributed by atoms with Crippen LogP contribution in [0.15, 0.2) is 0 Å². The van der Waals surface area contributed by atoms with E-state index in [1.807, 2.05) is 0 Å². The SMILES string of the molecule is CCCCC1COC2(CCCC2)O1. The van der Waals surface area contributed by atoms with Gasteiger partial charge >= 0.3 is 0 Å². The fourth-order valence-electron chi connectivity index (χ4n) is 2.37. The van der Waals surface area contributed by atoms with E-state index in [4.69, 9.17) is 9.47 Å². The van der Waals surface area contributed by atoms with Gasteiger partial charge in [-0.05, 0) is 19.3 Å². The number of hydrogen-bond acceptors (Lipinski definition) is 2. The highest BCUT2D eigenvalue weighted by atomic mass is 16.7. The zero-order valence-corrected chi connectivity index (χ0v) is 8.55. The molecule has 13 heavy (non-hydrogen) atoms. The Labute approximate surface area is 80.6 Å². The molecule has 2 aliphatic rings. The fraction of sp³-hybridized carbons (Fsp3) is 1.00. The molecule has 2 rings (SSSR count). The minimum absolute atomic E-state index is 0.140. The average Bonchev–Trinajstić information content (AvgIpc) is 2.74. The van der Waals surface area contributed by atoms with Crippen LogP contribution >= 0.6 is 0 Å². The molecule has 2 nitrogen and oxygen atoms in total. The molecule has 1 unspecified atom stereocenters. The molecule has 2 heteroatoms. The van der Waals surface area contributed by atoms with Crippen LogP contribution in [0, 0.1) is 0 Å². The average molecular weight is 184 g/mol. The molecule has 1 saturated heterocycles. The molecule has 1 saturated carbocycles. The smallest absolute Gasteiger partial charge is 0.168 e. The van der Waals surface area contributed by atoms with Crippen LogP contribution in [0.25, 0.3) is 0 Å². The van der Waals surface area contributed by atoms with Gasteiger partial charge in [0.1, 0.15) is 0 Å². The van der Waals surface area contributed by atoms with Gasteiger partial charge in [-0.25, -0.2) is 0 Å². The summed E-state index contributed by atoms with van der Waals surface area (Å²) in [5, 5.41) is 0. The van der Waals surface area contributed by atoms with E-state index in [-0.39, 0.29) is 5.79 Å². The van der Waals surface area contributed by atoms with E-state index in [1.54, 1.807) is 0 Å². The highest BCUT2D eigenvalue weighted by Crippen LogP contribution is 2.39. The summed E-state index contributed by atoms with van der Waals surface area (Å²) in [7, 11) is 0. The molecule has 1 aliphatic carbocycles. The Balaban J connectivity index is 1.79. The van der Waals surface area contributed by atoms with Gasteiger partial charge in [0.05, 0.1) is 12.7 Å². The molecule has 0 amide bonds. The van der Waals surface area contributed by atoms with Crippen molar-refractivity contribution >= 4 is 0 Å². The fourth-order valence-corrected chi connectivity index (χ4v) is 2.37. The lowest BCUT2D eigenvalue weighted by atomic mass is 10.2. The molecule has 1 aliphatic heterocycles. The molecule has 76 valence electrons. The minimum atomic E-state index is -0.140. The first-order valence-electron chi connectivity index (χ1n) is 5.66. The highest BCUT2D eigenvalue weighted by molar-refractivity contribution is 4.83. The third-order valence-electron chi connectivity index (χ3n) is 3.16. The van der Waals surface area contributed by atoms with Gasteiger partial charge in [0, 0.05) is 12.8 Å². The largest absolute Gasteiger partial charge is 0.347 e. The van der Waals surface area contributed by atoms with Crippen LogP contribution in [0.5, 0.6) is 0 Å². The normalized spacial score (nSPS) is 31.6. The number of ether oxygens (including phenoxy) is 2. The molecule has 0 bridgehead atoms. The monoisotopic (exact) mass is 184 g/mol.